The molecule has 2 aromatic rings. The Labute approximate surface area is 145 Å². The molecule has 1 aliphatic heterocycles. The molecule has 124 valence electrons. The number of carbonyl (C=O) groups excluding carboxylic acids is 2. The summed E-state index contributed by atoms with van der Waals surface area (Å²) >= 11 is 5.97. The minimum atomic E-state index is -0.269. The summed E-state index contributed by atoms with van der Waals surface area (Å²) in [5, 5.41) is 3.28. The summed E-state index contributed by atoms with van der Waals surface area (Å²) in [6.07, 6.45) is 0. The third-order valence-corrected chi connectivity index (χ3v) is 3.94. The van der Waals surface area contributed by atoms with Crippen molar-refractivity contribution in [1.29, 1.82) is 0 Å². The second-order valence-corrected chi connectivity index (χ2v) is 5.98. The Morgan fingerprint density at radius 1 is 1.25 bits per heavy atom. The van der Waals surface area contributed by atoms with Crippen molar-refractivity contribution in [3.63, 3.8) is 0 Å². The van der Waals surface area contributed by atoms with E-state index in [-0.39, 0.29) is 18.5 Å². The number of amides is 3. The summed E-state index contributed by atoms with van der Waals surface area (Å²) in [6, 6.07) is 12.3. The molecule has 1 fully saturated rings. The van der Waals surface area contributed by atoms with Crippen molar-refractivity contribution in [1.82, 2.24) is 9.88 Å². The molecule has 1 aliphatic rings. The molecular formula is C17H17ClN4O2. The Hall–Kier alpha value is -2.60. The molecule has 1 aromatic carbocycles. The minimum absolute atomic E-state index is 0.00841. The highest BCUT2D eigenvalue weighted by Gasteiger charge is 2.30. The standard InChI is InChI=1S/C17H17ClN4O2/c1-12-4-2-7-15(19-12)20-16(23)11-21-8-9-22(17(21)24)14-6-3-5-13(18)10-14/h2-7,10H,8-9,11H2,1H3,(H,19,20,23). The normalized spacial score (nSPS) is 14.2. The van der Waals surface area contributed by atoms with E-state index >= 15 is 0 Å². The highest BCUT2D eigenvalue weighted by Crippen LogP contribution is 2.23. The number of hydrogen-bond donors (Lipinski definition) is 1. The van der Waals surface area contributed by atoms with Crippen LogP contribution in [0.4, 0.5) is 16.3 Å². The quantitative estimate of drug-likeness (QED) is 0.927. The molecule has 2 heterocycles. The summed E-state index contributed by atoms with van der Waals surface area (Å²) < 4.78 is 0. The average molecular weight is 345 g/mol. The van der Waals surface area contributed by atoms with E-state index in [1.54, 1.807) is 29.2 Å². The third kappa shape index (κ3) is 3.65. The molecule has 1 aromatic heterocycles. The van der Waals surface area contributed by atoms with Gasteiger partial charge in [0.25, 0.3) is 0 Å². The van der Waals surface area contributed by atoms with Gasteiger partial charge in [-0.3, -0.25) is 9.69 Å². The molecule has 0 spiro atoms. The SMILES string of the molecule is Cc1cccc(NC(=O)CN2CCN(c3cccc(Cl)c3)C2=O)n1. The van der Waals surface area contributed by atoms with Gasteiger partial charge in [0.1, 0.15) is 12.4 Å². The van der Waals surface area contributed by atoms with Gasteiger partial charge in [-0.1, -0.05) is 23.7 Å². The van der Waals surface area contributed by atoms with Gasteiger partial charge in [0.15, 0.2) is 0 Å². The predicted molar refractivity (Wildman–Crippen MR) is 93.4 cm³/mol. The van der Waals surface area contributed by atoms with Crippen LogP contribution in [0.1, 0.15) is 5.69 Å². The van der Waals surface area contributed by atoms with Crippen LogP contribution in [0, 0.1) is 6.92 Å². The number of anilines is 2. The molecule has 1 saturated heterocycles. The zero-order valence-electron chi connectivity index (χ0n) is 13.2. The van der Waals surface area contributed by atoms with E-state index in [0.717, 1.165) is 11.4 Å². The second kappa shape index (κ2) is 6.88. The fourth-order valence-corrected chi connectivity index (χ4v) is 2.77. The smallest absolute Gasteiger partial charge is 0.313 e. The number of benzene rings is 1. The van der Waals surface area contributed by atoms with E-state index in [9.17, 15) is 9.59 Å². The van der Waals surface area contributed by atoms with Crippen LogP contribution in [0.5, 0.6) is 0 Å². The molecule has 7 heteroatoms. The lowest BCUT2D eigenvalue weighted by Gasteiger charge is -2.18. The highest BCUT2D eigenvalue weighted by molar-refractivity contribution is 6.30. The van der Waals surface area contributed by atoms with Crippen molar-refractivity contribution in [3.05, 3.63) is 53.2 Å². The third-order valence-electron chi connectivity index (χ3n) is 3.71. The lowest BCUT2D eigenvalue weighted by molar-refractivity contribution is -0.116. The van der Waals surface area contributed by atoms with E-state index in [4.69, 9.17) is 11.6 Å². The molecule has 0 unspecified atom stereocenters. The van der Waals surface area contributed by atoms with Crippen LogP contribution < -0.4 is 10.2 Å². The first-order valence-electron chi connectivity index (χ1n) is 7.58. The molecule has 1 N–H and O–H groups in total. The summed E-state index contributed by atoms with van der Waals surface area (Å²) in [5.74, 6) is 0.215. The van der Waals surface area contributed by atoms with Crippen molar-refractivity contribution < 1.29 is 9.59 Å². The molecule has 6 nitrogen and oxygen atoms in total. The Bertz CT molecular complexity index is 781. The van der Waals surface area contributed by atoms with Crippen molar-refractivity contribution in [2.45, 2.75) is 6.92 Å². The van der Waals surface area contributed by atoms with Crippen LogP contribution in [0.2, 0.25) is 5.02 Å². The van der Waals surface area contributed by atoms with E-state index in [1.807, 2.05) is 25.1 Å². The largest absolute Gasteiger partial charge is 0.325 e. The van der Waals surface area contributed by atoms with Crippen LogP contribution in [0.15, 0.2) is 42.5 Å². The van der Waals surface area contributed by atoms with E-state index in [2.05, 4.69) is 10.3 Å². The Balaban J connectivity index is 1.62. The number of nitrogens with one attached hydrogen (secondary N) is 1. The molecule has 24 heavy (non-hydrogen) atoms. The summed E-state index contributed by atoms with van der Waals surface area (Å²) in [6.45, 7) is 2.85. The number of halogens is 1. The zero-order valence-corrected chi connectivity index (χ0v) is 14.0. The fraction of sp³-hybridized carbons (Fsp3) is 0.235. The Kier molecular flexibility index (Phi) is 4.66. The van der Waals surface area contributed by atoms with Crippen LogP contribution >= 0.6 is 11.6 Å². The van der Waals surface area contributed by atoms with Gasteiger partial charge in [-0.25, -0.2) is 9.78 Å². The van der Waals surface area contributed by atoms with Gasteiger partial charge in [-0.05, 0) is 37.3 Å². The van der Waals surface area contributed by atoms with E-state index in [0.29, 0.717) is 23.9 Å². The van der Waals surface area contributed by atoms with Gasteiger partial charge >= 0.3 is 6.03 Å². The number of pyridine rings is 1. The van der Waals surface area contributed by atoms with Crippen molar-refractivity contribution in [2.75, 3.05) is 29.9 Å². The first-order valence-corrected chi connectivity index (χ1v) is 7.96. The van der Waals surface area contributed by atoms with E-state index in [1.165, 1.54) is 4.90 Å². The second-order valence-electron chi connectivity index (χ2n) is 5.55. The topological polar surface area (TPSA) is 65.5 Å². The number of rotatable bonds is 4. The zero-order chi connectivity index (χ0) is 17.1. The molecule has 0 atom stereocenters. The fourth-order valence-electron chi connectivity index (χ4n) is 2.58. The number of hydrogen-bond acceptors (Lipinski definition) is 3. The van der Waals surface area contributed by atoms with Crippen LogP contribution in [-0.2, 0) is 4.79 Å². The van der Waals surface area contributed by atoms with Gasteiger partial charge in [-0.15, -0.1) is 0 Å². The Morgan fingerprint density at radius 2 is 2.04 bits per heavy atom. The van der Waals surface area contributed by atoms with Gasteiger partial charge in [-0.2, -0.15) is 0 Å². The first-order chi connectivity index (χ1) is 11.5. The van der Waals surface area contributed by atoms with Crippen molar-refractivity contribution in [2.24, 2.45) is 0 Å². The summed E-state index contributed by atoms with van der Waals surface area (Å²) in [5.41, 5.74) is 1.55. The number of aryl methyl sites for hydroxylation is 1. The maximum Gasteiger partial charge on any atom is 0.325 e. The first kappa shape index (κ1) is 16.3. The number of carbonyl (C=O) groups is 2. The maximum absolute atomic E-state index is 12.5. The predicted octanol–water partition coefficient (Wildman–Crippen LogP) is 2.92. The molecule has 0 aliphatic carbocycles. The minimum Gasteiger partial charge on any atom is -0.313 e. The van der Waals surface area contributed by atoms with E-state index < -0.39 is 0 Å². The monoisotopic (exact) mass is 344 g/mol. The van der Waals surface area contributed by atoms with Crippen molar-refractivity contribution in [3.8, 4) is 0 Å². The molecule has 3 rings (SSSR count). The molecule has 0 saturated carbocycles. The van der Waals surface area contributed by atoms with Crippen LogP contribution in [0.25, 0.3) is 0 Å². The van der Waals surface area contributed by atoms with Gasteiger partial charge < -0.3 is 10.2 Å². The summed E-state index contributed by atoms with van der Waals surface area (Å²) in [4.78, 5) is 32.0. The van der Waals surface area contributed by atoms with Crippen LogP contribution in [0.3, 0.4) is 0 Å². The molecule has 0 radical (unpaired) electrons. The molecule has 0 bridgehead atoms. The van der Waals surface area contributed by atoms with Crippen LogP contribution in [-0.4, -0.2) is 41.5 Å². The lowest BCUT2D eigenvalue weighted by Crippen LogP contribution is -2.37. The summed E-state index contributed by atoms with van der Waals surface area (Å²) in [7, 11) is 0. The highest BCUT2D eigenvalue weighted by atomic mass is 35.5. The molecule has 3 amide bonds. The maximum atomic E-state index is 12.5. The number of nitrogens with zero attached hydrogens (tertiary/aromatic N) is 3. The van der Waals surface area contributed by atoms with Gasteiger partial charge in [0.2, 0.25) is 5.91 Å². The lowest BCUT2D eigenvalue weighted by atomic mass is 10.3. The number of aromatic nitrogens is 1. The van der Waals surface area contributed by atoms with Crippen molar-refractivity contribution >= 4 is 35.0 Å². The van der Waals surface area contributed by atoms with Gasteiger partial charge in [0, 0.05) is 29.5 Å². The Morgan fingerprint density at radius 3 is 2.79 bits per heavy atom. The van der Waals surface area contributed by atoms with Gasteiger partial charge in [0.05, 0.1) is 0 Å². The number of urea groups is 1. The average Bonchev–Trinajstić information content (AvgIpc) is 2.88. The molecular weight excluding hydrogens is 328 g/mol.